The molecule has 1 aromatic carbocycles. The molecule has 0 bridgehead atoms. The van der Waals surface area contributed by atoms with Crippen LogP contribution in [0.2, 0.25) is 0 Å². The van der Waals surface area contributed by atoms with Gasteiger partial charge in [-0.1, -0.05) is 0 Å². The molecular formula is C19H21N5O3S. The molecule has 4 rings (SSSR count). The largest absolute Gasteiger partial charge is 0.493 e. The Morgan fingerprint density at radius 2 is 2.14 bits per heavy atom. The zero-order valence-electron chi connectivity index (χ0n) is 15.5. The number of nitrogens with zero attached hydrogens (tertiary/aromatic N) is 5. The van der Waals surface area contributed by atoms with Crippen molar-refractivity contribution in [3.63, 3.8) is 0 Å². The van der Waals surface area contributed by atoms with Gasteiger partial charge in [-0.05, 0) is 31.0 Å². The van der Waals surface area contributed by atoms with Crippen molar-refractivity contribution in [3.8, 4) is 11.5 Å². The standard InChI is InChI=1S/C19H21N5O3S/c1-26-18-8-14(2-3-17(18)27-9-15-10-28-13-21-15)19(25)23-6-4-16(5-7-23)24-12-20-11-22-24/h2-3,8,10-13,16H,4-7,9H2,1H3. The van der Waals surface area contributed by atoms with Gasteiger partial charge in [-0.2, -0.15) is 5.10 Å². The van der Waals surface area contributed by atoms with E-state index in [1.54, 1.807) is 43.5 Å². The first-order chi connectivity index (χ1) is 13.7. The van der Waals surface area contributed by atoms with Crippen LogP contribution in [0.5, 0.6) is 11.5 Å². The van der Waals surface area contributed by atoms with Gasteiger partial charge in [0.1, 0.15) is 19.3 Å². The number of aromatic nitrogens is 4. The molecule has 0 radical (unpaired) electrons. The highest BCUT2D eigenvalue weighted by Gasteiger charge is 2.25. The van der Waals surface area contributed by atoms with E-state index in [0.717, 1.165) is 18.5 Å². The first-order valence-electron chi connectivity index (χ1n) is 9.06. The van der Waals surface area contributed by atoms with Crippen molar-refractivity contribution in [3.05, 3.63) is 53.0 Å². The van der Waals surface area contributed by atoms with Crippen LogP contribution < -0.4 is 9.47 Å². The molecule has 1 amide bonds. The van der Waals surface area contributed by atoms with Crippen LogP contribution in [0.1, 0.15) is 34.9 Å². The van der Waals surface area contributed by atoms with Gasteiger partial charge in [-0.3, -0.25) is 4.79 Å². The van der Waals surface area contributed by atoms with Crippen molar-refractivity contribution >= 4 is 17.2 Å². The van der Waals surface area contributed by atoms with Gasteiger partial charge in [-0.25, -0.2) is 14.6 Å². The predicted molar refractivity (Wildman–Crippen MR) is 104 cm³/mol. The van der Waals surface area contributed by atoms with E-state index >= 15 is 0 Å². The van der Waals surface area contributed by atoms with E-state index in [9.17, 15) is 4.79 Å². The summed E-state index contributed by atoms with van der Waals surface area (Å²) in [5, 5.41) is 6.14. The number of hydrogen-bond donors (Lipinski definition) is 0. The van der Waals surface area contributed by atoms with Crippen molar-refractivity contribution in [2.24, 2.45) is 0 Å². The second kappa shape index (κ2) is 8.39. The molecule has 0 N–H and O–H groups in total. The average molecular weight is 399 g/mol. The van der Waals surface area contributed by atoms with Gasteiger partial charge in [0.15, 0.2) is 11.5 Å². The molecular weight excluding hydrogens is 378 g/mol. The molecule has 28 heavy (non-hydrogen) atoms. The molecule has 0 saturated carbocycles. The molecule has 1 aliphatic rings. The van der Waals surface area contributed by atoms with Gasteiger partial charge in [0.25, 0.3) is 5.91 Å². The Morgan fingerprint density at radius 1 is 1.29 bits per heavy atom. The summed E-state index contributed by atoms with van der Waals surface area (Å²) in [7, 11) is 1.57. The van der Waals surface area contributed by atoms with Gasteiger partial charge in [-0.15, -0.1) is 11.3 Å². The van der Waals surface area contributed by atoms with Crippen LogP contribution in [0.15, 0.2) is 41.7 Å². The second-order valence-electron chi connectivity index (χ2n) is 6.53. The summed E-state index contributed by atoms with van der Waals surface area (Å²) in [4.78, 5) is 23.0. The molecule has 1 saturated heterocycles. The fourth-order valence-electron chi connectivity index (χ4n) is 3.30. The van der Waals surface area contributed by atoms with Crippen LogP contribution in [0.3, 0.4) is 0 Å². The van der Waals surface area contributed by atoms with Crippen molar-refractivity contribution in [2.75, 3.05) is 20.2 Å². The van der Waals surface area contributed by atoms with Crippen LogP contribution in [-0.4, -0.2) is 50.8 Å². The Labute approximate surface area is 166 Å². The van der Waals surface area contributed by atoms with E-state index in [1.165, 1.54) is 11.3 Å². The van der Waals surface area contributed by atoms with Gasteiger partial charge in [0.05, 0.1) is 24.4 Å². The molecule has 1 aliphatic heterocycles. The third-order valence-corrected chi connectivity index (χ3v) is 5.47. The van der Waals surface area contributed by atoms with Crippen molar-refractivity contribution < 1.29 is 14.3 Å². The number of rotatable bonds is 6. The zero-order valence-corrected chi connectivity index (χ0v) is 16.3. The molecule has 9 heteroatoms. The fourth-order valence-corrected chi connectivity index (χ4v) is 3.85. The number of benzene rings is 1. The van der Waals surface area contributed by atoms with Crippen molar-refractivity contribution in [1.29, 1.82) is 0 Å². The third kappa shape index (κ3) is 3.99. The first kappa shape index (κ1) is 18.4. The third-order valence-electron chi connectivity index (χ3n) is 4.83. The Balaban J connectivity index is 1.40. The zero-order chi connectivity index (χ0) is 19.3. The van der Waals surface area contributed by atoms with Crippen LogP contribution >= 0.6 is 11.3 Å². The summed E-state index contributed by atoms with van der Waals surface area (Å²) in [5.41, 5.74) is 3.23. The Kier molecular flexibility index (Phi) is 5.52. The smallest absolute Gasteiger partial charge is 0.253 e. The lowest BCUT2D eigenvalue weighted by Crippen LogP contribution is -2.39. The highest BCUT2D eigenvalue weighted by atomic mass is 32.1. The molecule has 146 valence electrons. The highest BCUT2D eigenvalue weighted by molar-refractivity contribution is 7.07. The molecule has 0 spiro atoms. The molecule has 3 aromatic rings. The molecule has 2 aromatic heterocycles. The number of thiazole rings is 1. The minimum Gasteiger partial charge on any atom is -0.493 e. The quantitative estimate of drug-likeness (QED) is 0.634. The van der Waals surface area contributed by atoms with Gasteiger partial charge in [0, 0.05) is 24.0 Å². The van der Waals surface area contributed by atoms with Gasteiger partial charge in [0.2, 0.25) is 0 Å². The molecule has 0 aliphatic carbocycles. The fraction of sp³-hybridized carbons (Fsp3) is 0.368. The summed E-state index contributed by atoms with van der Waals surface area (Å²) in [6.07, 6.45) is 5.00. The Morgan fingerprint density at radius 3 is 2.82 bits per heavy atom. The van der Waals surface area contributed by atoms with Crippen molar-refractivity contribution in [1.82, 2.24) is 24.6 Å². The number of hydrogen-bond acceptors (Lipinski definition) is 7. The number of carbonyl (C=O) groups is 1. The minimum absolute atomic E-state index is 0.00129. The summed E-state index contributed by atoms with van der Waals surface area (Å²) < 4.78 is 13.1. The number of piperidine rings is 1. The topological polar surface area (TPSA) is 82.4 Å². The van der Waals surface area contributed by atoms with E-state index in [4.69, 9.17) is 9.47 Å². The number of amides is 1. The van der Waals surface area contributed by atoms with Crippen molar-refractivity contribution in [2.45, 2.75) is 25.5 Å². The minimum atomic E-state index is 0.00129. The number of ether oxygens (including phenoxy) is 2. The van der Waals surface area contributed by atoms with Gasteiger partial charge < -0.3 is 14.4 Å². The SMILES string of the molecule is COc1cc(C(=O)N2CCC(n3cncn3)CC2)ccc1OCc1cscn1. The Hall–Kier alpha value is -2.94. The lowest BCUT2D eigenvalue weighted by atomic mass is 10.0. The average Bonchev–Trinajstić information content (AvgIpc) is 3.46. The summed E-state index contributed by atoms with van der Waals surface area (Å²) >= 11 is 1.52. The maximum absolute atomic E-state index is 12.9. The molecule has 0 atom stereocenters. The summed E-state index contributed by atoms with van der Waals surface area (Å²) in [6.45, 7) is 1.74. The van der Waals surface area contributed by atoms with Crippen LogP contribution in [0.25, 0.3) is 0 Å². The van der Waals surface area contributed by atoms with Crippen LogP contribution in [-0.2, 0) is 6.61 Å². The summed E-state index contributed by atoms with van der Waals surface area (Å²) in [5.74, 6) is 1.14. The van der Waals surface area contributed by atoms with E-state index in [1.807, 2.05) is 15.0 Å². The molecule has 0 unspecified atom stereocenters. The van der Waals surface area contributed by atoms with E-state index in [-0.39, 0.29) is 5.91 Å². The maximum atomic E-state index is 12.9. The predicted octanol–water partition coefficient (Wildman–Crippen LogP) is 2.80. The number of carbonyl (C=O) groups excluding carboxylic acids is 1. The molecule has 8 nitrogen and oxygen atoms in total. The first-order valence-corrected chi connectivity index (χ1v) is 10.00. The van der Waals surface area contributed by atoms with Gasteiger partial charge >= 0.3 is 0 Å². The van der Waals surface area contributed by atoms with E-state index < -0.39 is 0 Å². The molecule has 3 heterocycles. The number of likely N-dealkylation sites (tertiary alicyclic amines) is 1. The lowest BCUT2D eigenvalue weighted by Gasteiger charge is -2.32. The summed E-state index contributed by atoms with van der Waals surface area (Å²) in [6, 6.07) is 5.59. The number of methoxy groups -OCH3 is 1. The second-order valence-corrected chi connectivity index (χ2v) is 7.25. The van der Waals surface area contributed by atoms with Crippen LogP contribution in [0, 0.1) is 0 Å². The van der Waals surface area contributed by atoms with E-state index in [2.05, 4.69) is 15.1 Å². The van der Waals surface area contributed by atoms with Crippen LogP contribution in [0.4, 0.5) is 0 Å². The highest BCUT2D eigenvalue weighted by Crippen LogP contribution is 2.30. The maximum Gasteiger partial charge on any atom is 0.253 e. The molecule has 1 fully saturated rings. The Bertz CT molecular complexity index is 906. The normalized spacial score (nSPS) is 14.8. The van der Waals surface area contributed by atoms with E-state index in [0.29, 0.717) is 42.8 Å². The monoisotopic (exact) mass is 399 g/mol. The lowest BCUT2D eigenvalue weighted by molar-refractivity contribution is 0.0689.